The molecule has 0 aliphatic carbocycles. The van der Waals surface area contributed by atoms with Gasteiger partial charge in [0.05, 0.1) is 6.10 Å². The number of aliphatic hydroxyl groups is 1. The molecule has 0 amide bonds. The first-order valence-corrected chi connectivity index (χ1v) is 3.85. The van der Waals surface area contributed by atoms with Crippen LogP contribution in [0.3, 0.4) is 0 Å². The van der Waals surface area contributed by atoms with Crippen molar-refractivity contribution in [3.05, 3.63) is 0 Å². The van der Waals surface area contributed by atoms with Gasteiger partial charge in [0.25, 0.3) is 0 Å². The van der Waals surface area contributed by atoms with E-state index in [1.165, 1.54) is 13.8 Å². The van der Waals surface area contributed by atoms with Crippen LogP contribution in [-0.4, -0.2) is 45.4 Å². The van der Waals surface area contributed by atoms with E-state index in [0.717, 1.165) is 0 Å². The van der Waals surface area contributed by atoms with Gasteiger partial charge in [-0.1, -0.05) is 0 Å². The van der Waals surface area contributed by atoms with Crippen LogP contribution in [0, 0.1) is 0 Å². The highest BCUT2D eigenvalue weighted by Crippen LogP contribution is 1.85. The second kappa shape index (κ2) is 7.25. The SMILES string of the molecule is CC(O)[C@H](N)C(=O)O.C[C@H](N)C(=O)O. The molecule has 0 aromatic rings. The van der Waals surface area contributed by atoms with Crippen molar-refractivity contribution in [3.8, 4) is 0 Å². The predicted molar refractivity (Wildman–Crippen MR) is 48.6 cm³/mol. The molecular formula is C7H16N2O5. The van der Waals surface area contributed by atoms with Gasteiger partial charge in [-0.2, -0.15) is 0 Å². The van der Waals surface area contributed by atoms with Crippen molar-refractivity contribution in [2.45, 2.75) is 32.0 Å². The molecule has 0 fully saturated rings. The number of hydrogen-bond donors (Lipinski definition) is 5. The minimum atomic E-state index is -1.18. The zero-order valence-corrected chi connectivity index (χ0v) is 8.04. The molecule has 0 saturated heterocycles. The van der Waals surface area contributed by atoms with E-state index in [0.29, 0.717) is 0 Å². The van der Waals surface area contributed by atoms with Crippen molar-refractivity contribution in [3.63, 3.8) is 0 Å². The molecule has 0 spiro atoms. The highest BCUT2D eigenvalue weighted by molar-refractivity contribution is 5.73. The Bertz CT molecular complexity index is 193. The number of carbonyl (C=O) groups is 2. The number of rotatable bonds is 3. The van der Waals surface area contributed by atoms with Crippen LogP contribution in [-0.2, 0) is 9.59 Å². The van der Waals surface area contributed by atoms with E-state index in [-0.39, 0.29) is 0 Å². The van der Waals surface area contributed by atoms with Gasteiger partial charge in [0.15, 0.2) is 0 Å². The van der Waals surface area contributed by atoms with Gasteiger partial charge in [0.1, 0.15) is 12.1 Å². The van der Waals surface area contributed by atoms with Crippen molar-refractivity contribution in [1.82, 2.24) is 0 Å². The molecule has 0 aliphatic heterocycles. The highest BCUT2D eigenvalue weighted by Gasteiger charge is 2.16. The Morgan fingerprint density at radius 2 is 1.36 bits per heavy atom. The van der Waals surface area contributed by atoms with Crippen molar-refractivity contribution in [2.75, 3.05) is 0 Å². The van der Waals surface area contributed by atoms with Crippen LogP contribution in [0.1, 0.15) is 13.8 Å². The molecule has 1 unspecified atom stereocenters. The molecule has 0 aliphatic rings. The van der Waals surface area contributed by atoms with E-state index in [9.17, 15) is 9.59 Å². The van der Waals surface area contributed by atoms with Crippen LogP contribution >= 0.6 is 0 Å². The quantitative estimate of drug-likeness (QED) is 0.367. The van der Waals surface area contributed by atoms with Gasteiger partial charge in [-0.15, -0.1) is 0 Å². The van der Waals surface area contributed by atoms with Crippen LogP contribution in [0.2, 0.25) is 0 Å². The third kappa shape index (κ3) is 8.91. The first kappa shape index (κ1) is 15.3. The fourth-order valence-corrected chi connectivity index (χ4v) is 0.206. The maximum absolute atomic E-state index is 9.86. The summed E-state index contributed by atoms with van der Waals surface area (Å²) in [6, 6.07) is -1.89. The standard InChI is InChI=1S/C4H9NO3.C3H7NO2/c1-2(6)3(5)4(7)8;1-2(4)3(5)6/h2-3,6H,5H2,1H3,(H,7,8);2H,4H2,1H3,(H,5,6)/t2?,3-;2-/m00/s1. The number of carboxylic acids is 2. The molecule has 7 heteroatoms. The second-order valence-electron chi connectivity index (χ2n) is 2.73. The molecular weight excluding hydrogens is 192 g/mol. The van der Waals surface area contributed by atoms with Gasteiger partial charge in [0.2, 0.25) is 0 Å². The number of hydrogen-bond acceptors (Lipinski definition) is 5. The molecule has 0 aromatic heterocycles. The number of aliphatic hydroxyl groups excluding tert-OH is 1. The molecule has 7 nitrogen and oxygen atoms in total. The Labute approximate surface area is 81.3 Å². The summed E-state index contributed by atoms with van der Waals surface area (Å²) in [7, 11) is 0. The third-order valence-electron chi connectivity index (χ3n) is 1.19. The van der Waals surface area contributed by atoms with E-state index < -0.39 is 30.1 Å². The summed E-state index contributed by atoms with van der Waals surface area (Å²) in [5.74, 6) is -2.14. The number of aliphatic carboxylic acids is 2. The molecule has 3 atom stereocenters. The maximum atomic E-state index is 9.86. The molecule has 7 N–H and O–H groups in total. The molecule has 0 bridgehead atoms. The zero-order chi connectivity index (χ0) is 11.9. The van der Waals surface area contributed by atoms with Crippen molar-refractivity contribution < 1.29 is 24.9 Å². The van der Waals surface area contributed by atoms with Gasteiger partial charge in [-0.3, -0.25) is 9.59 Å². The fourth-order valence-electron chi connectivity index (χ4n) is 0.206. The Balaban J connectivity index is 0. The Morgan fingerprint density at radius 3 is 1.36 bits per heavy atom. The van der Waals surface area contributed by atoms with Crippen molar-refractivity contribution in [1.29, 1.82) is 0 Å². The first-order valence-electron chi connectivity index (χ1n) is 3.85. The van der Waals surface area contributed by atoms with Gasteiger partial charge < -0.3 is 26.8 Å². The summed E-state index contributed by atoms with van der Waals surface area (Å²) >= 11 is 0. The zero-order valence-electron chi connectivity index (χ0n) is 8.04. The molecule has 0 radical (unpaired) electrons. The largest absolute Gasteiger partial charge is 0.480 e. The van der Waals surface area contributed by atoms with Crippen LogP contribution in [0.5, 0.6) is 0 Å². The molecule has 0 heterocycles. The number of nitrogens with two attached hydrogens (primary N) is 2. The van der Waals surface area contributed by atoms with Gasteiger partial charge in [0, 0.05) is 0 Å². The van der Waals surface area contributed by atoms with E-state index in [1.54, 1.807) is 0 Å². The van der Waals surface area contributed by atoms with Crippen molar-refractivity contribution >= 4 is 11.9 Å². The van der Waals surface area contributed by atoms with Crippen molar-refractivity contribution in [2.24, 2.45) is 11.5 Å². The average molecular weight is 208 g/mol. The van der Waals surface area contributed by atoms with Crippen LogP contribution < -0.4 is 11.5 Å². The lowest BCUT2D eigenvalue weighted by molar-refractivity contribution is -0.141. The summed E-state index contributed by atoms with van der Waals surface area (Å²) in [6.45, 7) is 2.75. The van der Waals surface area contributed by atoms with E-state index in [2.05, 4.69) is 0 Å². The lowest BCUT2D eigenvalue weighted by atomic mass is 10.2. The summed E-state index contributed by atoms with van der Waals surface area (Å²) in [5.41, 5.74) is 9.75. The molecule has 0 saturated carbocycles. The molecule has 84 valence electrons. The second-order valence-corrected chi connectivity index (χ2v) is 2.73. The van der Waals surface area contributed by atoms with Crippen LogP contribution in [0.4, 0.5) is 0 Å². The maximum Gasteiger partial charge on any atom is 0.323 e. The predicted octanol–water partition coefficient (Wildman–Crippen LogP) is -1.80. The van der Waals surface area contributed by atoms with Crippen LogP contribution in [0.25, 0.3) is 0 Å². The van der Waals surface area contributed by atoms with Gasteiger partial charge >= 0.3 is 11.9 Å². The average Bonchev–Trinajstić information content (AvgIpc) is 2.03. The molecule has 0 rings (SSSR count). The lowest BCUT2D eigenvalue weighted by Crippen LogP contribution is -2.39. The van der Waals surface area contributed by atoms with Gasteiger partial charge in [-0.25, -0.2) is 0 Å². The first-order chi connectivity index (χ1) is 6.20. The summed E-state index contributed by atoms with van der Waals surface area (Å²) in [6.07, 6.45) is -0.979. The smallest absolute Gasteiger partial charge is 0.323 e. The minimum Gasteiger partial charge on any atom is -0.480 e. The van der Waals surface area contributed by atoms with Gasteiger partial charge in [-0.05, 0) is 13.8 Å². The summed E-state index contributed by atoms with van der Waals surface area (Å²) < 4.78 is 0. The topological polar surface area (TPSA) is 147 Å². The van der Waals surface area contributed by atoms with E-state index >= 15 is 0 Å². The number of carboxylic acid groups (broad SMARTS) is 2. The Morgan fingerprint density at radius 1 is 1.07 bits per heavy atom. The van der Waals surface area contributed by atoms with E-state index in [4.69, 9.17) is 26.8 Å². The van der Waals surface area contributed by atoms with Crippen LogP contribution in [0.15, 0.2) is 0 Å². The van der Waals surface area contributed by atoms with E-state index in [1.807, 2.05) is 0 Å². The Kier molecular flexibility index (Phi) is 7.92. The minimum absolute atomic E-state index is 0.731. The summed E-state index contributed by atoms with van der Waals surface area (Å²) in [5, 5.41) is 24.4. The molecule has 14 heavy (non-hydrogen) atoms. The third-order valence-corrected chi connectivity index (χ3v) is 1.19. The fraction of sp³-hybridized carbons (Fsp3) is 0.714. The lowest BCUT2D eigenvalue weighted by Gasteiger charge is -2.06. The highest BCUT2D eigenvalue weighted by atomic mass is 16.4. The normalized spacial score (nSPS) is 15.8. The summed E-state index contributed by atoms with van der Waals surface area (Å²) in [4.78, 5) is 19.4. The monoisotopic (exact) mass is 208 g/mol. The molecule has 0 aromatic carbocycles. The Hall–Kier alpha value is -1.18.